The molecule has 0 aliphatic heterocycles. The first kappa shape index (κ1) is 18.2. The highest BCUT2D eigenvalue weighted by Crippen LogP contribution is 2.39. The van der Waals surface area contributed by atoms with Crippen LogP contribution >= 0.6 is 0 Å². The molecule has 0 amide bonds. The van der Waals surface area contributed by atoms with Gasteiger partial charge in [0.25, 0.3) is 0 Å². The number of nitrogens with zero attached hydrogens (tertiary/aromatic N) is 1. The summed E-state index contributed by atoms with van der Waals surface area (Å²) in [7, 11) is 0. The molecule has 0 spiro atoms. The predicted octanol–water partition coefficient (Wildman–Crippen LogP) is 6.51. The van der Waals surface area contributed by atoms with Gasteiger partial charge in [-0.3, -0.25) is 0 Å². The van der Waals surface area contributed by atoms with Crippen molar-refractivity contribution in [2.24, 2.45) is 4.99 Å². The first-order valence-corrected chi connectivity index (χ1v) is 8.54. The summed E-state index contributed by atoms with van der Waals surface area (Å²) in [6.45, 7) is 0. The second-order valence-electron chi connectivity index (χ2n) is 6.39. The number of ether oxygens (including phenoxy) is 1. The zero-order valence-corrected chi connectivity index (χ0v) is 14.1. The average Bonchev–Trinajstić information content (AvgIpc) is 2.64. The molecular formula is C20H18F3NO2. The lowest BCUT2D eigenvalue weighted by Crippen LogP contribution is -2.04. The second-order valence-corrected chi connectivity index (χ2v) is 6.39. The van der Waals surface area contributed by atoms with Crippen LogP contribution in [0, 0.1) is 0 Å². The molecule has 3 rings (SSSR count). The molecule has 0 saturated heterocycles. The van der Waals surface area contributed by atoms with Gasteiger partial charge in [-0.15, -0.1) is 0 Å². The van der Waals surface area contributed by atoms with Crippen LogP contribution < -0.4 is 4.74 Å². The highest BCUT2D eigenvalue weighted by Gasteiger charge is 2.31. The van der Waals surface area contributed by atoms with Crippen LogP contribution in [0.3, 0.4) is 0 Å². The third kappa shape index (κ3) is 4.33. The van der Waals surface area contributed by atoms with Gasteiger partial charge in [0.05, 0.1) is 5.56 Å². The third-order valence-corrected chi connectivity index (χ3v) is 4.64. The van der Waals surface area contributed by atoms with E-state index in [1.165, 1.54) is 43.7 Å². The Bertz CT molecular complexity index is 803. The van der Waals surface area contributed by atoms with E-state index in [1.54, 1.807) is 12.1 Å². The van der Waals surface area contributed by atoms with Crippen molar-refractivity contribution in [2.45, 2.75) is 44.2 Å². The van der Waals surface area contributed by atoms with Gasteiger partial charge >= 0.3 is 6.18 Å². The maximum atomic E-state index is 12.8. The molecule has 1 fully saturated rings. The number of benzene rings is 2. The van der Waals surface area contributed by atoms with Crippen LogP contribution in [0.2, 0.25) is 0 Å². The van der Waals surface area contributed by atoms with Crippen LogP contribution in [-0.4, -0.2) is 6.08 Å². The molecule has 1 aliphatic rings. The lowest BCUT2D eigenvalue weighted by Gasteiger charge is -2.22. The van der Waals surface area contributed by atoms with Gasteiger partial charge in [-0.25, -0.2) is 4.79 Å². The number of alkyl halides is 3. The molecule has 2 aromatic rings. The zero-order chi connectivity index (χ0) is 18.6. The predicted molar refractivity (Wildman–Crippen MR) is 91.6 cm³/mol. The monoisotopic (exact) mass is 361 g/mol. The summed E-state index contributed by atoms with van der Waals surface area (Å²) in [6.07, 6.45) is 2.86. The van der Waals surface area contributed by atoms with Gasteiger partial charge in [-0.05, 0) is 54.7 Å². The Morgan fingerprint density at radius 2 is 1.69 bits per heavy atom. The highest BCUT2D eigenvalue weighted by molar-refractivity contribution is 5.60. The normalized spacial score (nSPS) is 15.3. The molecule has 0 N–H and O–H groups in total. The Kier molecular flexibility index (Phi) is 5.43. The number of isocyanates is 1. The number of hydrogen-bond acceptors (Lipinski definition) is 3. The van der Waals surface area contributed by atoms with E-state index in [0.29, 0.717) is 11.7 Å². The molecule has 0 heterocycles. The van der Waals surface area contributed by atoms with Gasteiger partial charge in [0.15, 0.2) is 5.75 Å². The molecule has 136 valence electrons. The SMILES string of the molecule is O=C=Nc1cc(C(F)(F)F)ccc1Oc1ccc(C2CCCCC2)cc1. The van der Waals surface area contributed by atoms with Gasteiger partial charge < -0.3 is 4.74 Å². The topological polar surface area (TPSA) is 38.7 Å². The maximum absolute atomic E-state index is 12.8. The van der Waals surface area contributed by atoms with Crippen LogP contribution in [-0.2, 0) is 11.0 Å². The summed E-state index contributed by atoms with van der Waals surface area (Å²) >= 11 is 0. The number of hydrogen-bond donors (Lipinski definition) is 0. The van der Waals surface area contributed by atoms with E-state index in [-0.39, 0.29) is 11.4 Å². The lowest BCUT2D eigenvalue weighted by molar-refractivity contribution is -0.137. The number of halogens is 3. The first-order valence-electron chi connectivity index (χ1n) is 8.54. The van der Waals surface area contributed by atoms with E-state index in [1.807, 2.05) is 12.1 Å². The Balaban J connectivity index is 1.80. The Morgan fingerprint density at radius 3 is 2.31 bits per heavy atom. The molecule has 3 nitrogen and oxygen atoms in total. The molecule has 26 heavy (non-hydrogen) atoms. The van der Waals surface area contributed by atoms with E-state index in [9.17, 15) is 18.0 Å². The van der Waals surface area contributed by atoms with Gasteiger partial charge in [0.2, 0.25) is 6.08 Å². The summed E-state index contributed by atoms with van der Waals surface area (Å²) in [4.78, 5) is 13.9. The van der Waals surface area contributed by atoms with Crippen LogP contribution in [0.1, 0.15) is 49.1 Å². The summed E-state index contributed by atoms with van der Waals surface area (Å²) in [5.74, 6) is 1.11. The Labute approximate surface area is 149 Å². The maximum Gasteiger partial charge on any atom is 0.416 e. The van der Waals surface area contributed by atoms with Crippen molar-refractivity contribution in [3.05, 3.63) is 53.6 Å². The lowest BCUT2D eigenvalue weighted by atomic mass is 9.84. The quantitative estimate of drug-likeness (QED) is 0.460. The summed E-state index contributed by atoms with van der Waals surface area (Å²) in [5.41, 5.74) is 0.147. The molecule has 0 aromatic heterocycles. The minimum Gasteiger partial charge on any atom is -0.455 e. The van der Waals surface area contributed by atoms with Crippen molar-refractivity contribution in [1.29, 1.82) is 0 Å². The third-order valence-electron chi connectivity index (χ3n) is 4.64. The van der Waals surface area contributed by atoms with E-state index < -0.39 is 11.7 Å². The van der Waals surface area contributed by atoms with E-state index in [4.69, 9.17) is 4.74 Å². The minimum atomic E-state index is -4.52. The van der Waals surface area contributed by atoms with Crippen molar-refractivity contribution in [1.82, 2.24) is 0 Å². The van der Waals surface area contributed by atoms with E-state index in [0.717, 1.165) is 18.2 Å². The number of aliphatic imine (C=N–C) groups is 1. The molecule has 1 saturated carbocycles. The molecular weight excluding hydrogens is 343 g/mol. The van der Waals surface area contributed by atoms with Gasteiger partial charge in [-0.2, -0.15) is 18.2 Å². The molecule has 1 aliphatic carbocycles. The number of rotatable bonds is 4. The largest absolute Gasteiger partial charge is 0.455 e. The van der Waals surface area contributed by atoms with Crippen molar-refractivity contribution >= 4 is 11.8 Å². The van der Waals surface area contributed by atoms with Crippen molar-refractivity contribution < 1.29 is 22.7 Å². The van der Waals surface area contributed by atoms with Crippen LogP contribution in [0.25, 0.3) is 0 Å². The summed E-state index contributed by atoms with van der Waals surface area (Å²) < 4.78 is 44.1. The fraction of sp³-hybridized carbons (Fsp3) is 0.350. The minimum absolute atomic E-state index is 0.0757. The average molecular weight is 361 g/mol. The van der Waals surface area contributed by atoms with Crippen molar-refractivity contribution in [3.8, 4) is 11.5 Å². The van der Waals surface area contributed by atoms with Crippen LogP contribution in [0.4, 0.5) is 18.9 Å². The van der Waals surface area contributed by atoms with Gasteiger partial charge in [-0.1, -0.05) is 31.4 Å². The van der Waals surface area contributed by atoms with Gasteiger partial charge in [0.1, 0.15) is 11.4 Å². The second kappa shape index (κ2) is 7.75. The van der Waals surface area contributed by atoms with Crippen molar-refractivity contribution in [3.63, 3.8) is 0 Å². The van der Waals surface area contributed by atoms with Crippen LogP contribution in [0.5, 0.6) is 11.5 Å². The smallest absolute Gasteiger partial charge is 0.416 e. The fourth-order valence-corrected chi connectivity index (χ4v) is 3.29. The highest BCUT2D eigenvalue weighted by atomic mass is 19.4. The molecule has 0 unspecified atom stereocenters. The fourth-order valence-electron chi connectivity index (χ4n) is 3.29. The molecule has 0 bridgehead atoms. The molecule has 6 heteroatoms. The molecule has 2 aromatic carbocycles. The Morgan fingerprint density at radius 1 is 1.00 bits per heavy atom. The van der Waals surface area contributed by atoms with Gasteiger partial charge in [0, 0.05) is 0 Å². The number of carbonyl (C=O) groups excluding carboxylic acids is 1. The first-order chi connectivity index (χ1) is 12.5. The van der Waals surface area contributed by atoms with E-state index >= 15 is 0 Å². The zero-order valence-electron chi connectivity index (χ0n) is 14.1. The standard InChI is InChI=1S/C20H18F3NO2/c21-20(22,23)16-8-11-19(18(12-16)24-13-25)26-17-9-6-15(7-10-17)14-4-2-1-3-5-14/h6-12,14H,1-5H2. The summed E-state index contributed by atoms with van der Waals surface area (Å²) in [6, 6.07) is 10.4. The Hall–Kier alpha value is -2.59. The molecule has 0 atom stereocenters. The van der Waals surface area contributed by atoms with E-state index in [2.05, 4.69) is 4.99 Å². The summed E-state index contributed by atoms with van der Waals surface area (Å²) in [5, 5.41) is 0. The van der Waals surface area contributed by atoms with Crippen LogP contribution in [0.15, 0.2) is 47.5 Å². The molecule has 0 radical (unpaired) electrons. The van der Waals surface area contributed by atoms with Crippen molar-refractivity contribution in [2.75, 3.05) is 0 Å².